The quantitative estimate of drug-likeness (QED) is 0.354. The minimum atomic E-state index is -4.17. The Labute approximate surface area is 229 Å². The molecular formula is C28H32ClN3O5S. The first-order valence-corrected chi connectivity index (χ1v) is 14.1. The van der Waals surface area contributed by atoms with Gasteiger partial charge >= 0.3 is 0 Å². The number of anilines is 1. The van der Waals surface area contributed by atoms with Crippen LogP contribution in [0.4, 0.5) is 5.69 Å². The standard InChI is InChI=1S/C28H32ClN3O5S/c1-4-26(28(34)30-3)31(19-21-9-7-6-8-10-21)27(33)20-32(23-13-15-24(16-14-23)37-5-2)38(35,36)25-17-11-22(29)12-18-25/h6-18,26H,4-5,19-20H2,1-3H3,(H,30,34). The number of sulfonamides is 1. The SMILES string of the molecule is CCOc1ccc(N(CC(=O)N(Cc2ccccc2)C(CC)C(=O)NC)S(=O)(=O)c2ccc(Cl)cc2)cc1. The van der Waals surface area contributed by atoms with E-state index < -0.39 is 28.5 Å². The maximum absolute atomic E-state index is 13.8. The molecule has 8 nitrogen and oxygen atoms in total. The van der Waals surface area contributed by atoms with Gasteiger partial charge in [-0.25, -0.2) is 8.42 Å². The van der Waals surface area contributed by atoms with Gasteiger partial charge in [0.05, 0.1) is 17.2 Å². The van der Waals surface area contributed by atoms with Crippen LogP contribution in [0.1, 0.15) is 25.8 Å². The molecule has 1 atom stereocenters. The number of ether oxygens (including phenoxy) is 1. The molecule has 0 aliphatic carbocycles. The summed E-state index contributed by atoms with van der Waals surface area (Å²) in [5.41, 5.74) is 1.10. The predicted molar refractivity (Wildman–Crippen MR) is 149 cm³/mol. The zero-order chi connectivity index (χ0) is 27.7. The molecule has 0 saturated carbocycles. The highest BCUT2D eigenvalue weighted by atomic mass is 35.5. The first-order valence-electron chi connectivity index (χ1n) is 12.3. The van der Waals surface area contributed by atoms with Crippen molar-refractivity contribution in [3.8, 4) is 5.75 Å². The fraction of sp³-hybridized carbons (Fsp3) is 0.286. The van der Waals surface area contributed by atoms with E-state index in [1.165, 1.54) is 36.2 Å². The summed E-state index contributed by atoms with van der Waals surface area (Å²) in [5.74, 6) is -0.275. The number of carbonyl (C=O) groups excluding carboxylic acids is 2. The van der Waals surface area contributed by atoms with Crippen molar-refractivity contribution >= 4 is 39.1 Å². The van der Waals surface area contributed by atoms with E-state index in [0.717, 1.165) is 9.87 Å². The van der Waals surface area contributed by atoms with Crippen LogP contribution < -0.4 is 14.4 Å². The van der Waals surface area contributed by atoms with Crippen LogP contribution in [-0.4, -0.2) is 51.4 Å². The minimum absolute atomic E-state index is 0.0171. The van der Waals surface area contributed by atoms with E-state index in [1.54, 1.807) is 31.2 Å². The Kier molecular flexibility index (Phi) is 10.2. The lowest BCUT2D eigenvalue weighted by Crippen LogP contribution is -2.51. The number of nitrogens with zero attached hydrogens (tertiary/aromatic N) is 2. The van der Waals surface area contributed by atoms with Gasteiger partial charge in [0.2, 0.25) is 11.8 Å². The van der Waals surface area contributed by atoms with Crippen LogP contribution in [-0.2, 0) is 26.2 Å². The van der Waals surface area contributed by atoms with Crippen molar-refractivity contribution in [2.45, 2.75) is 37.8 Å². The maximum Gasteiger partial charge on any atom is 0.264 e. The maximum atomic E-state index is 13.8. The van der Waals surface area contributed by atoms with Crippen molar-refractivity contribution in [2.75, 3.05) is 24.5 Å². The van der Waals surface area contributed by atoms with Crippen molar-refractivity contribution in [2.24, 2.45) is 0 Å². The largest absolute Gasteiger partial charge is 0.494 e. The first kappa shape index (κ1) is 29.0. The zero-order valence-electron chi connectivity index (χ0n) is 21.6. The van der Waals surface area contributed by atoms with E-state index in [2.05, 4.69) is 5.32 Å². The Balaban J connectivity index is 2.04. The Hall–Kier alpha value is -3.56. The number of benzene rings is 3. The average Bonchev–Trinajstić information content (AvgIpc) is 2.92. The molecule has 0 radical (unpaired) electrons. The Morgan fingerprint density at radius 2 is 1.58 bits per heavy atom. The first-order chi connectivity index (χ1) is 18.2. The number of rotatable bonds is 12. The summed E-state index contributed by atoms with van der Waals surface area (Å²) in [4.78, 5) is 28.0. The van der Waals surface area contributed by atoms with Gasteiger partial charge in [-0.1, -0.05) is 48.9 Å². The minimum Gasteiger partial charge on any atom is -0.494 e. The van der Waals surface area contributed by atoms with E-state index in [9.17, 15) is 18.0 Å². The van der Waals surface area contributed by atoms with Gasteiger partial charge in [0.1, 0.15) is 18.3 Å². The predicted octanol–water partition coefficient (Wildman–Crippen LogP) is 4.49. The van der Waals surface area contributed by atoms with Crippen LogP contribution in [0.25, 0.3) is 0 Å². The molecule has 1 unspecified atom stereocenters. The lowest BCUT2D eigenvalue weighted by molar-refractivity contribution is -0.140. The van der Waals surface area contributed by atoms with Gasteiger partial charge in [0.25, 0.3) is 10.0 Å². The van der Waals surface area contributed by atoms with E-state index in [1.807, 2.05) is 37.3 Å². The average molecular weight is 558 g/mol. The van der Waals surface area contributed by atoms with Crippen molar-refractivity contribution in [1.29, 1.82) is 0 Å². The molecule has 10 heteroatoms. The van der Waals surface area contributed by atoms with Crippen molar-refractivity contribution in [3.63, 3.8) is 0 Å². The van der Waals surface area contributed by atoms with Gasteiger partial charge in [-0.3, -0.25) is 13.9 Å². The molecule has 3 aromatic carbocycles. The molecular weight excluding hydrogens is 526 g/mol. The molecule has 0 spiro atoms. The molecule has 1 N–H and O–H groups in total. The van der Waals surface area contributed by atoms with Crippen LogP contribution in [0, 0.1) is 0 Å². The lowest BCUT2D eigenvalue weighted by Gasteiger charge is -2.33. The van der Waals surface area contributed by atoms with Crippen molar-refractivity contribution in [1.82, 2.24) is 10.2 Å². The molecule has 0 bridgehead atoms. The van der Waals surface area contributed by atoms with Crippen molar-refractivity contribution in [3.05, 3.63) is 89.4 Å². The molecule has 3 aromatic rings. The number of hydrogen-bond donors (Lipinski definition) is 1. The normalized spacial score (nSPS) is 11.9. The molecule has 0 aliphatic rings. The summed E-state index contributed by atoms with van der Waals surface area (Å²) >= 11 is 5.98. The third-order valence-corrected chi connectivity index (χ3v) is 7.98. The van der Waals surface area contributed by atoms with Crippen LogP contribution >= 0.6 is 11.6 Å². The molecule has 38 heavy (non-hydrogen) atoms. The summed E-state index contributed by atoms with van der Waals surface area (Å²) in [5, 5.41) is 3.00. The second-order valence-electron chi connectivity index (χ2n) is 8.44. The van der Waals surface area contributed by atoms with E-state index in [0.29, 0.717) is 23.8 Å². The van der Waals surface area contributed by atoms with Crippen LogP contribution in [0.15, 0.2) is 83.8 Å². The highest BCUT2D eigenvalue weighted by molar-refractivity contribution is 7.92. The topological polar surface area (TPSA) is 96.0 Å². The van der Waals surface area contributed by atoms with Crippen molar-refractivity contribution < 1.29 is 22.7 Å². The monoisotopic (exact) mass is 557 g/mol. The number of carbonyl (C=O) groups is 2. The second kappa shape index (κ2) is 13.3. The third kappa shape index (κ3) is 7.05. The Morgan fingerprint density at radius 3 is 2.13 bits per heavy atom. The van der Waals surface area contributed by atoms with Gasteiger partial charge in [-0.2, -0.15) is 0 Å². The number of amides is 2. The number of nitrogens with one attached hydrogen (secondary N) is 1. The second-order valence-corrected chi connectivity index (χ2v) is 10.7. The van der Waals surface area contributed by atoms with Gasteiger partial charge in [0.15, 0.2) is 0 Å². The molecule has 202 valence electrons. The van der Waals surface area contributed by atoms with Crippen LogP contribution in [0.5, 0.6) is 5.75 Å². The smallest absolute Gasteiger partial charge is 0.264 e. The molecule has 2 amide bonds. The fourth-order valence-corrected chi connectivity index (χ4v) is 5.54. The number of hydrogen-bond acceptors (Lipinski definition) is 5. The molecule has 0 heterocycles. The van der Waals surface area contributed by atoms with Gasteiger partial charge in [-0.05, 0) is 67.4 Å². The Morgan fingerprint density at radius 1 is 0.947 bits per heavy atom. The highest BCUT2D eigenvalue weighted by Crippen LogP contribution is 2.27. The molecule has 0 saturated heterocycles. The Bertz CT molecular complexity index is 1320. The van der Waals surface area contributed by atoms with E-state index in [4.69, 9.17) is 16.3 Å². The van der Waals surface area contributed by atoms with Gasteiger partial charge in [0, 0.05) is 18.6 Å². The van der Waals surface area contributed by atoms with Gasteiger partial charge in [-0.15, -0.1) is 0 Å². The summed E-state index contributed by atoms with van der Waals surface area (Å²) in [6, 6.07) is 20.7. The number of halogens is 1. The lowest BCUT2D eigenvalue weighted by atomic mass is 10.1. The highest BCUT2D eigenvalue weighted by Gasteiger charge is 2.33. The number of likely N-dealkylation sites (N-methyl/N-ethyl adjacent to an activating group) is 1. The molecule has 3 rings (SSSR count). The summed E-state index contributed by atoms with van der Waals surface area (Å²) in [6.07, 6.45) is 0.352. The molecule has 0 aromatic heterocycles. The molecule has 0 fully saturated rings. The molecule has 0 aliphatic heterocycles. The van der Waals surface area contributed by atoms with Crippen LogP contribution in [0.2, 0.25) is 5.02 Å². The van der Waals surface area contributed by atoms with Gasteiger partial charge < -0.3 is 15.0 Å². The fourth-order valence-electron chi connectivity index (χ4n) is 4.00. The van der Waals surface area contributed by atoms with E-state index in [-0.39, 0.29) is 23.0 Å². The van der Waals surface area contributed by atoms with E-state index >= 15 is 0 Å². The summed E-state index contributed by atoms with van der Waals surface area (Å²) in [7, 11) is -2.66. The van der Waals surface area contributed by atoms with Crippen LogP contribution in [0.3, 0.4) is 0 Å². The third-order valence-electron chi connectivity index (χ3n) is 5.94. The summed E-state index contributed by atoms with van der Waals surface area (Å²) in [6.45, 7) is 3.74. The zero-order valence-corrected chi connectivity index (χ0v) is 23.2. The summed E-state index contributed by atoms with van der Waals surface area (Å²) < 4.78 is 34.1.